The summed E-state index contributed by atoms with van der Waals surface area (Å²) in [5, 5.41) is 1.89. The zero-order valence-corrected chi connectivity index (χ0v) is 16.8. The van der Waals surface area contributed by atoms with Gasteiger partial charge in [-0.1, -0.05) is 6.07 Å². The van der Waals surface area contributed by atoms with Gasteiger partial charge in [0.15, 0.2) is 23.2 Å². The van der Waals surface area contributed by atoms with Crippen LogP contribution in [0.25, 0.3) is 11.0 Å². The highest BCUT2D eigenvalue weighted by Crippen LogP contribution is 2.31. The largest absolute Gasteiger partial charge is 0.416 e. The molecular formula is C23H11F6N3O2. The normalized spacial score (nSPS) is 11.5. The Morgan fingerprint density at radius 1 is 0.794 bits per heavy atom. The molecule has 0 bridgehead atoms. The highest BCUT2D eigenvalue weighted by atomic mass is 19.4. The topological polar surface area (TPSA) is 72.0 Å². The monoisotopic (exact) mass is 475 g/mol. The lowest BCUT2D eigenvalue weighted by Crippen LogP contribution is -2.18. The summed E-state index contributed by atoms with van der Waals surface area (Å²) < 4.78 is 82.4. The van der Waals surface area contributed by atoms with Crippen LogP contribution in [0.2, 0.25) is 0 Å². The smallest absolute Gasteiger partial charge is 0.319 e. The van der Waals surface area contributed by atoms with Crippen molar-refractivity contribution in [2.45, 2.75) is 6.18 Å². The summed E-state index contributed by atoms with van der Waals surface area (Å²) in [6.45, 7) is 0. The van der Waals surface area contributed by atoms with Crippen LogP contribution in [-0.4, -0.2) is 21.7 Å². The molecule has 0 atom stereocenters. The van der Waals surface area contributed by atoms with Crippen LogP contribution in [0, 0.1) is 17.5 Å². The Labute approximate surface area is 187 Å². The van der Waals surface area contributed by atoms with Crippen LogP contribution >= 0.6 is 0 Å². The van der Waals surface area contributed by atoms with E-state index in [1.165, 1.54) is 30.6 Å². The second-order valence-electron chi connectivity index (χ2n) is 7.03. The lowest BCUT2D eigenvalue weighted by Gasteiger charge is -2.13. The molecule has 5 nitrogen and oxygen atoms in total. The van der Waals surface area contributed by atoms with Gasteiger partial charge in [-0.2, -0.15) is 13.2 Å². The first kappa shape index (κ1) is 22.9. The van der Waals surface area contributed by atoms with Crippen LogP contribution < -0.4 is 5.32 Å². The standard InChI is InChI=1S/C23H11F6N3O2/c24-14-10-17(32-22(34)12-2-1-3-13(8-12)23(27,28)29)20(26)18(19(14)25)21(33)11-4-5-15-16(9-11)31-7-6-30-15/h1-10H,(H,32,34). The maximum absolute atomic E-state index is 15.1. The third-order valence-electron chi connectivity index (χ3n) is 4.82. The van der Waals surface area contributed by atoms with E-state index in [1.54, 1.807) is 0 Å². The number of ketones is 1. The van der Waals surface area contributed by atoms with Crippen LogP contribution in [0.3, 0.4) is 0 Å². The molecule has 1 heterocycles. The van der Waals surface area contributed by atoms with E-state index in [9.17, 15) is 31.5 Å². The average molecular weight is 475 g/mol. The Balaban J connectivity index is 1.71. The van der Waals surface area contributed by atoms with Gasteiger partial charge in [0.2, 0.25) is 0 Å². The van der Waals surface area contributed by atoms with E-state index in [0.29, 0.717) is 17.6 Å². The Hall–Kier alpha value is -4.28. The molecule has 1 N–H and O–H groups in total. The molecule has 0 saturated carbocycles. The molecule has 0 fully saturated rings. The lowest BCUT2D eigenvalue weighted by molar-refractivity contribution is -0.137. The maximum Gasteiger partial charge on any atom is 0.416 e. The van der Waals surface area contributed by atoms with E-state index in [4.69, 9.17) is 0 Å². The number of amides is 1. The van der Waals surface area contributed by atoms with Crippen LogP contribution in [0.15, 0.2) is 60.9 Å². The number of rotatable bonds is 4. The predicted molar refractivity (Wildman–Crippen MR) is 109 cm³/mol. The van der Waals surface area contributed by atoms with E-state index in [2.05, 4.69) is 9.97 Å². The number of anilines is 1. The van der Waals surface area contributed by atoms with E-state index in [1.807, 2.05) is 5.32 Å². The number of alkyl halides is 3. The molecular weight excluding hydrogens is 464 g/mol. The number of halogens is 6. The molecule has 0 radical (unpaired) electrons. The van der Waals surface area contributed by atoms with Crippen molar-refractivity contribution < 1.29 is 35.9 Å². The molecule has 0 aliphatic carbocycles. The number of nitrogens with one attached hydrogen (secondary N) is 1. The Bertz CT molecular complexity index is 1450. The fourth-order valence-electron chi connectivity index (χ4n) is 3.17. The minimum atomic E-state index is -4.74. The third-order valence-corrected chi connectivity index (χ3v) is 4.82. The van der Waals surface area contributed by atoms with Crippen molar-refractivity contribution in [2.75, 3.05) is 5.32 Å². The summed E-state index contributed by atoms with van der Waals surface area (Å²) in [6.07, 6.45) is -2.01. The number of carbonyl (C=O) groups is 2. The quantitative estimate of drug-likeness (QED) is 0.239. The van der Waals surface area contributed by atoms with Crippen LogP contribution in [0.5, 0.6) is 0 Å². The van der Waals surface area contributed by atoms with Gasteiger partial charge in [0.1, 0.15) is 0 Å². The lowest BCUT2D eigenvalue weighted by atomic mass is 10.0. The molecule has 0 spiro atoms. The first-order chi connectivity index (χ1) is 16.1. The fraction of sp³-hybridized carbons (Fsp3) is 0.0435. The SMILES string of the molecule is O=C(Nc1cc(F)c(F)c(C(=O)c2ccc3nccnc3c2)c1F)c1cccc(C(F)(F)F)c1. The van der Waals surface area contributed by atoms with Gasteiger partial charge in [0.05, 0.1) is 27.8 Å². The molecule has 3 aromatic carbocycles. The molecule has 172 valence electrons. The third kappa shape index (κ3) is 4.32. The van der Waals surface area contributed by atoms with Gasteiger partial charge in [-0.25, -0.2) is 13.2 Å². The maximum atomic E-state index is 15.1. The van der Waals surface area contributed by atoms with Crippen molar-refractivity contribution in [2.24, 2.45) is 0 Å². The molecule has 1 amide bonds. The second kappa shape index (κ2) is 8.58. The molecule has 4 aromatic rings. The second-order valence-corrected chi connectivity index (χ2v) is 7.03. The summed E-state index contributed by atoms with van der Waals surface area (Å²) >= 11 is 0. The molecule has 34 heavy (non-hydrogen) atoms. The van der Waals surface area contributed by atoms with Crippen LogP contribution in [-0.2, 0) is 6.18 Å². The van der Waals surface area contributed by atoms with Crippen molar-refractivity contribution in [3.8, 4) is 0 Å². The molecule has 1 aromatic heterocycles. The minimum Gasteiger partial charge on any atom is -0.319 e. The van der Waals surface area contributed by atoms with E-state index < -0.39 is 57.7 Å². The van der Waals surface area contributed by atoms with Crippen molar-refractivity contribution >= 4 is 28.4 Å². The number of fused-ring (bicyclic) bond motifs is 1. The highest BCUT2D eigenvalue weighted by molar-refractivity contribution is 6.12. The van der Waals surface area contributed by atoms with Crippen molar-refractivity contribution in [1.29, 1.82) is 0 Å². The fourth-order valence-corrected chi connectivity index (χ4v) is 3.17. The Morgan fingerprint density at radius 2 is 1.50 bits per heavy atom. The molecule has 0 saturated heterocycles. The number of hydrogen-bond donors (Lipinski definition) is 1. The van der Waals surface area contributed by atoms with E-state index in [0.717, 1.165) is 18.2 Å². The van der Waals surface area contributed by atoms with Gasteiger partial charge >= 0.3 is 6.18 Å². The Morgan fingerprint density at radius 3 is 2.21 bits per heavy atom. The van der Waals surface area contributed by atoms with Gasteiger partial charge in [-0.3, -0.25) is 19.6 Å². The summed E-state index contributed by atoms with van der Waals surface area (Å²) in [4.78, 5) is 33.2. The average Bonchev–Trinajstić information content (AvgIpc) is 2.81. The van der Waals surface area contributed by atoms with Crippen LogP contribution in [0.1, 0.15) is 31.8 Å². The summed E-state index contributed by atoms with van der Waals surface area (Å²) in [7, 11) is 0. The zero-order valence-electron chi connectivity index (χ0n) is 16.8. The number of aromatic nitrogens is 2. The highest BCUT2D eigenvalue weighted by Gasteiger charge is 2.31. The molecule has 4 rings (SSSR count). The number of nitrogens with zero attached hydrogens (tertiary/aromatic N) is 2. The molecule has 11 heteroatoms. The summed E-state index contributed by atoms with van der Waals surface area (Å²) in [6, 6.07) is 7.29. The minimum absolute atomic E-state index is 0.230. The van der Waals surface area contributed by atoms with Crippen molar-refractivity contribution in [3.63, 3.8) is 0 Å². The summed E-state index contributed by atoms with van der Waals surface area (Å²) in [5.41, 5.74) is -3.46. The number of carbonyl (C=O) groups excluding carboxylic acids is 2. The van der Waals surface area contributed by atoms with Gasteiger partial charge in [0, 0.05) is 29.6 Å². The zero-order chi connectivity index (χ0) is 24.6. The van der Waals surface area contributed by atoms with Gasteiger partial charge in [-0.15, -0.1) is 0 Å². The first-order valence-electron chi connectivity index (χ1n) is 9.48. The van der Waals surface area contributed by atoms with Gasteiger partial charge in [0.25, 0.3) is 5.91 Å². The number of benzene rings is 3. The molecule has 0 aliphatic heterocycles. The molecule has 0 unspecified atom stereocenters. The van der Waals surface area contributed by atoms with Gasteiger partial charge in [-0.05, 0) is 36.4 Å². The van der Waals surface area contributed by atoms with Crippen molar-refractivity contribution in [1.82, 2.24) is 9.97 Å². The van der Waals surface area contributed by atoms with Crippen molar-refractivity contribution in [3.05, 3.63) is 101 Å². The van der Waals surface area contributed by atoms with E-state index >= 15 is 4.39 Å². The number of hydrogen-bond acceptors (Lipinski definition) is 4. The predicted octanol–water partition coefficient (Wildman–Crippen LogP) is 5.55. The van der Waals surface area contributed by atoms with Gasteiger partial charge < -0.3 is 5.32 Å². The summed E-state index contributed by atoms with van der Waals surface area (Å²) in [5.74, 6) is -7.50. The first-order valence-corrected chi connectivity index (χ1v) is 9.48. The van der Waals surface area contributed by atoms with E-state index in [-0.39, 0.29) is 11.1 Å². The Kier molecular flexibility index (Phi) is 5.78. The molecule has 0 aliphatic rings. The van der Waals surface area contributed by atoms with Crippen LogP contribution in [0.4, 0.5) is 32.0 Å².